The molecule has 5 nitrogen and oxygen atoms in total. The molecule has 55 heavy (non-hydrogen) atoms. The van der Waals surface area contributed by atoms with Crippen molar-refractivity contribution in [2.24, 2.45) is 0 Å². The van der Waals surface area contributed by atoms with Gasteiger partial charge in [0, 0.05) is 28.1 Å². The van der Waals surface area contributed by atoms with E-state index >= 15 is 4.57 Å². The van der Waals surface area contributed by atoms with Crippen LogP contribution in [0.15, 0.2) is 218 Å². The Bertz CT molecular complexity index is 2520. The fraction of sp³-hybridized carbons (Fsp3) is 0. The number of hydrogen-bond donors (Lipinski definition) is 0. The average Bonchev–Trinajstić information content (AvgIpc) is 3.75. The van der Waals surface area contributed by atoms with E-state index in [9.17, 15) is 0 Å². The molecule has 0 saturated heterocycles. The van der Waals surface area contributed by atoms with Crippen LogP contribution in [-0.4, -0.2) is 0 Å². The van der Waals surface area contributed by atoms with Crippen molar-refractivity contribution < 1.29 is 4.57 Å². The van der Waals surface area contributed by atoms with Crippen molar-refractivity contribution in [3.63, 3.8) is 0 Å². The second-order valence-electron chi connectivity index (χ2n) is 13.5. The highest BCUT2D eigenvalue weighted by Crippen LogP contribution is 2.70. The first kappa shape index (κ1) is 33.2. The van der Waals surface area contributed by atoms with E-state index in [0.29, 0.717) is 0 Å². The van der Waals surface area contributed by atoms with Crippen LogP contribution >= 0.6 is 15.7 Å². The highest BCUT2D eigenvalue weighted by atomic mass is 31.2. The van der Waals surface area contributed by atoms with Gasteiger partial charge >= 0.3 is 7.44 Å². The summed E-state index contributed by atoms with van der Waals surface area (Å²) in [6.07, 6.45) is 0. The molecule has 0 N–H and O–H groups in total. The van der Waals surface area contributed by atoms with Gasteiger partial charge in [0.1, 0.15) is 8.22 Å². The molecule has 0 spiro atoms. The normalized spacial score (nSPS) is 14.5. The van der Waals surface area contributed by atoms with Gasteiger partial charge in [0.15, 0.2) is 0 Å². The molecule has 0 saturated carbocycles. The first-order valence-electron chi connectivity index (χ1n) is 18.4. The molecule has 0 amide bonds. The molecule has 0 fully saturated rings. The van der Waals surface area contributed by atoms with Crippen LogP contribution in [0.3, 0.4) is 0 Å². The van der Waals surface area contributed by atoms with E-state index < -0.39 is 15.7 Å². The number of fused-ring (bicyclic) bond motifs is 2. The number of rotatable bonds is 7. The summed E-state index contributed by atoms with van der Waals surface area (Å²) >= 11 is 0. The molecule has 0 atom stereocenters. The maximum Gasteiger partial charge on any atom is 0.301 e. The van der Waals surface area contributed by atoms with E-state index in [1.54, 1.807) is 0 Å². The van der Waals surface area contributed by atoms with Gasteiger partial charge in [-0.25, -0.2) is 0 Å². The lowest BCUT2D eigenvalue weighted by molar-refractivity contribution is 0.582. The Hall–Kier alpha value is -6.38. The highest BCUT2D eigenvalue weighted by molar-refractivity contribution is 7.76. The standard InChI is InChI=1S/C48H36N4OP2/c53-55(51(41-23-9-3-10-24-41)47-30-15-16-31-48(47)52(55)42-25-11-4-12-26-42)44-34-32-37(33-35-44)38-18-17-27-43(36-38)54-49(39-19-5-1-6-20-39)45-28-13-14-29-46(45)50(54)40-21-7-2-8-22-40/h1-36H. The zero-order chi connectivity index (χ0) is 36.8. The fourth-order valence-corrected chi connectivity index (χ4v) is 13.4. The lowest BCUT2D eigenvalue weighted by Crippen LogP contribution is -2.26. The lowest BCUT2D eigenvalue weighted by atomic mass is 10.1. The third-order valence-electron chi connectivity index (χ3n) is 10.2. The van der Waals surface area contributed by atoms with E-state index in [-0.39, 0.29) is 0 Å². The molecule has 264 valence electrons. The molecule has 7 heteroatoms. The van der Waals surface area contributed by atoms with Gasteiger partial charge in [-0.05, 0) is 102 Å². The number of hydrogen-bond acceptors (Lipinski definition) is 3. The van der Waals surface area contributed by atoms with Crippen LogP contribution in [0.2, 0.25) is 0 Å². The first-order valence-corrected chi connectivity index (χ1v) is 21.3. The molecule has 0 aromatic heterocycles. The highest BCUT2D eigenvalue weighted by Gasteiger charge is 2.49. The Kier molecular flexibility index (Phi) is 8.33. The van der Waals surface area contributed by atoms with Crippen LogP contribution in [0.4, 0.5) is 45.5 Å². The van der Waals surface area contributed by atoms with Gasteiger partial charge in [-0.2, -0.15) is 0 Å². The van der Waals surface area contributed by atoms with Gasteiger partial charge in [-0.1, -0.05) is 127 Å². The predicted molar refractivity (Wildman–Crippen MR) is 233 cm³/mol. The molecule has 2 aliphatic heterocycles. The summed E-state index contributed by atoms with van der Waals surface area (Å²) < 4.78 is 25.2. The molecule has 0 bridgehead atoms. The summed E-state index contributed by atoms with van der Waals surface area (Å²) in [6.45, 7) is 0. The molecular weight excluding hydrogens is 711 g/mol. The van der Waals surface area contributed by atoms with Gasteiger partial charge < -0.3 is 0 Å². The molecule has 2 aliphatic rings. The Morgan fingerprint density at radius 3 is 1.20 bits per heavy atom. The fourth-order valence-electron chi connectivity index (χ4n) is 7.80. The summed E-state index contributed by atoms with van der Waals surface area (Å²) in [4.78, 5) is 0. The van der Waals surface area contributed by atoms with Crippen LogP contribution in [-0.2, 0) is 4.57 Å². The van der Waals surface area contributed by atoms with E-state index in [1.165, 1.54) is 16.7 Å². The second-order valence-corrected chi connectivity index (χ2v) is 17.8. The van der Waals surface area contributed by atoms with Crippen molar-refractivity contribution in [1.29, 1.82) is 0 Å². The maximum absolute atomic E-state index is 16.1. The summed E-state index contributed by atoms with van der Waals surface area (Å²) in [5.41, 5.74) is 10.5. The topological polar surface area (TPSA) is 30.0 Å². The largest absolute Gasteiger partial charge is 0.301 e. The minimum atomic E-state index is -3.47. The second kappa shape index (κ2) is 13.8. The quantitative estimate of drug-likeness (QED) is 0.152. The Morgan fingerprint density at radius 2 is 0.745 bits per heavy atom. The van der Waals surface area contributed by atoms with Crippen LogP contribution < -0.4 is 29.3 Å². The van der Waals surface area contributed by atoms with Crippen LogP contribution in [0.25, 0.3) is 11.1 Å². The molecule has 0 aliphatic carbocycles. The zero-order valence-electron chi connectivity index (χ0n) is 29.9. The number of para-hydroxylation sites is 8. The predicted octanol–water partition coefficient (Wildman–Crippen LogP) is 13.1. The number of anilines is 8. The maximum atomic E-state index is 16.1. The molecule has 0 unspecified atom stereocenters. The average molecular weight is 747 g/mol. The van der Waals surface area contributed by atoms with Gasteiger partial charge in [0.25, 0.3) is 0 Å². The molecule has 0 radical (unpaired) electrons. The van der Waals surface area contributed by atoms with Crippen molar-refractivity contribution in [3.05, 3.63) is 218 Å². The Labute approximate surface area is 323 Å². The van der Waals surface area contributed by atoms with E-state index in [2.05, 4.69) is 155 Å². The first-order chi connectivity index (χ1) is 27.2. The van der Waals surface area contributed by atoms with E-state index in [4.69, 9.17) is 0 Å². The summed E-state index contributed by atoms with van der Waals surface area (Å²) in [6, 6.07) is 75.8. The van der Waals surface area contributed by atoms with E-state index in [1.807, 2.05) is 82.1 Å². The van der Waals surface area contributed by atoms with Crippen molar-refractivity contribution >= 4 is 71.8 Å². The molecule has 8 aromatic carbocycles. The van der Waals surface area contributed by atoms with Crippen LogP contribution in [0.1, 0.15) is 0 Å². The van der Waals surface area contributed by atoms with Crippen LogP contribution in [0.5, 0.6) is 0 Å². The van der Waals surface area contributed by atoms with Crippen molar-refractivity contribution in [2.75, 3.05) is 18.7 Å². The van der Waals surface area contributed by atoms with E-state index in [0.717, 1.165) is 50.6 Å². The number of benzene rings is 8. The summed E-state index contributed by atoms with van der Waals surface area (Å²) in [5.74, 6) is 0. The minimum Gasteiger partial charge on any atom is -0.297 e. The molecule has 8 aromatic rings. The third kappa shape index (κ3) is 5.55. The summed E-state index contributed by atoms with van der Waals surface area (Å²) in [5, 5.41) is 1.99. The molecular formula is C48H36N4OP2. The summed E-state index contributed by atoms with van der Waals surface area (Å²) in [7, 11) is -4.52. The van der Waals surface area contributed by atoms with Crippen molar-refractivity contribution in [2.45, 2.75) is 0 Å². The zero-order valence-corrected chi connectivity index (χ0v) is 31.7. The smallest absolute Gasteiger partial charge is 0.297 e. The minimum absolute atomic E-state index is 0.762. The van der Waals surface area contributed by atoms with Crippen molar-refractivity contribution in [3.8, 4) is 11.1 Å². The monoisotopic (exact) mass is 746 g/mol. The van der Waals surface area contributed by atoms with Crippen LogP contribution in [0, 0.1) is 0 Å². The molecule has 10 rings (SSSR count). The lowest BCUT2D eigenvalue weighted by Gasteiger charge is -2.33. The van der Waals surface area contributed by atoms with Gasteiger partial charge in [0.2, 0.25) is 0 Å². The van der Waals surface area contributed by atoms with Crippen molar-refractivity contribution in [1.82, 2.24) is 0 Å². The Balaban J connectivity index is 1.08. The SMILES string of the molecule is O=P1(c2ccc(-c3cccc(P4N(c5ccccc5)c5ccccc5N4c4ccccc4)c3)cc2)N(c2ccccc2)c2ccccc2N1c1ccccc1. The third-order valence-corrected chi connectivity index (χ3v) is 15.6. The van der Waals surface area contributed by atoms with Gasteiger partial charge in [-0.3, -0.25) is 23.2 Å². The van der Waals surface area contributed by atoms with Gasteiger partial charge in [0.05, 0.1) is 28.1 Å². The Morgan fingerprint density at radius 1 is 0.345 bits per heavy atom. The number of nitrogens with zero attached hydrogens (tertiary/aromatic N) is 4. The van der Waals surface area contributed by atoms with Gasteiger partial charge in [-0.15, -0.1) is 0 Å². The molecule has 2 heterocycles.